The first-order valence-electron chi connectivity index (χ1n) is 4.83. The number of pyridine rings is 1. The Labute approximate surface area is 111 Å². The lowest BCUT2D eigenvalue weighted by Crippen LogP contribution is -2.33. The second kappa shape index (κ2) is 5.13. The van der Waals surface area contributed by atoms with Crippen molar-refractivity contribution in [1.29, 1.82) is 0 Å². The molecule has 2 aromatic heterocycles. The minimum Gasteiger partial charge on any atom is -0.618 e. The van der Waals surface area contributed by atoms with E-state index in [1.807, 2.05) is 22.6 Å². The molecule has 0 radical (unpaired) electrons. The first-order valence-corrected chi connectivity index (χ1v) is 5.90. The zero-order valence-electron chi connectivity index (χ0n) is 8.67. The molecule has 0 unspecified atom stereocenters. The van der Waals surface area contributed by atoms with Crippen molar-refractivity contribution in [2.75, 3.05) is 0 Å². The third-order valence-corrected chi connectivity index (χ3v) is 2.65. The van der Waals surface area contributed by atoms with E-state index < -0.39 is 0 Å². The van der Waals surface area contributed by atoms with Crippen LogP contribution in [0.25, 0.3) is 6.08 Å². The van der Waals surface area contributed by atoms with Crippen molar-refractivity contribution in [2.45, 2.75) is 0 Å². The smallest absolute Gasteiger partial charge is 0.264 e. The molecule has 0 saturated carbocycles. The molecular formula is C12H8INO3. The molecule has 0 atom stereocenters. The normalized spacial score (nSPS) is 10.9. The Balaban J connectivity index is 2.17. The molecule has 4 nitrogen and oxygen atoms in total. The van der Waals surface area contributed by atoms with Crippen LogP contribution in [-0.2, 0) is 0 Å². The van der Waals surface area contributed by atoms with Gasteiger partial charge in [-0.3, -0.25) is 4.79 Å². The van der Waals surface area contributed by atoms with E-state index in [0.29, 0.717) is 10.5 Å². The van der Waals surface area contributed by atoms with Crippen molar-refractivity contribution in [2.24, 2.45) is 0 Å². The number of halogens is 1. The Morgan fingerprint density at radius 3 is 2.82 bits per heavy atom. The highest BCUT2D eigenvalue weighted by Crippen LogP contribution is 2.11. The van der Waals surface area contributed by atoms with Gasteiger partial charge >= 0.3 is 0 Å². The standard InChI is InChI=1S/C12H8INO3/c13-12-7-5-9(17-12)4-6-11(15)10-3-1-2-8-14(10)16/h1-8H/b6-4+. The van der Waals surface area contributed by atoms with Crippen LogP contribution in [0.1, 0.15) is 16.2 Å². The minimum absolute atomic E-state index is 0.0880. The van der Waals surface area contributed by atoms with E-state index in [2.05, 4.69) is 0 Å². The lowest BCUT2D eigenvalue weighted by molar-refractivity contribution is -0.607. The third-order valence-electron chi connectivity index (χ3n) is 2.07. The topological polar surface area (TPSA) is 57.2 Å². The average Bonchev–Trinajstić information content (AvgIpc) is 2.73. The van der Waals surface area contributed by atoms with Gasteiger partial charge in [-0.25, -0.2) is 0 Å². The molecule has 0 amide bonds. The van der Waals surface area contributed by atoms with Gasteiger partial charge in [0.15, 0.2) is 9.96 Å². The number of carbonyl (C=O) groups excluding carboxylic acids is 1. The number of furan rings is 1. The molecule has 17 heavy (non-hydrogen) atoms. The van der Waals surface area contributed by atoms with Crippen LogP contribution in [0, 0.1) is 8.97 Å². The van der Waals surface area contributed by atoms with E-state index in [9.17, 15) is 10.0 Å². The third kappa shape index (κ3) is 2.94. The molecule has 0 saturated heterocycles. The highest BCUT2D eigenvalue weighted by molar-refractivity contribution is 14.1. The van der Waals surface area contributed by atoms with Crippen LogP contribution in [-0.4, -0.2) is 5.78 Å². The fourth-order valence-electron chi connectivity index (χ4n) is 1.28. The van der Waals surface area contributed by atoms with Crippen LogP contribution >= 0.6 is 22.6 Å². The zero-order valence-corrected chi connectivity index (χ0v) is 10.8. The number of hydrogen-bond acceptors (Lipinski definition) is 3. The second-order valence-corrected chi connectivity index (χ2v) is 4.31. The maximum Gasteiger partial charge on any atom is 0.264 e. The van der Waals surface area contributed by atoms with Gasteiger partial charge in [0.1, 0.15) is 5.76 Å². The lowest BCUT2D eigenvalue weighted by Gasteiger charge is -1.98. The summed E-state index contributed by atoms with van der Waals surface area (Å²) in [6, 6.07) is 8.24. The maximum atomic E-state index is 11.7. The van der Waals surface area contributed by atoms with Gasteiger partial charge in [-0.05, 0) is 52.9 Å². The largest absolute Gasteiger partial charge is 0.618 e. The van der Waals surface area contributed by atoms with E-state index in [1.165, 1.54) is 24.4 Å². The van der Waals surface area contributed by atoms with Gasteiger partial charge in [0, 0.05) is 12.1 Å². The van der Waals surface area contributed by atoms with Crippen molar-refractivity contribution in [3.63, 3.8) is 0 Å². The van der Waals surface area contributed by atoms with Crippen LogP contribution < -0.4 is 4.73 Å². The summed E-state index contributed by atoms with van der Waals surface area (Å²) in [4.78, 5) is 11.7. The Bertz CT molecular complexity index is 575. The molecule has 0 aliphatic heterocycles. The monoisotopic (exact) mass is 341 g/mol. The van der Waals surface area contributed by atoms with E-state index >= 15 is 0 Å². The fraction of sp³-hybridized carbons (Fsp3) is 0. The van der Waals surface area contributed by atoms with E-state index in [1.54, 1.807) is 24.3 Å². The number of carbonyl (C=O) groups is 1. The number of rotatable bonds is 3. The summed E-state index contributed by atoms with van der Waals surface area (Å²) in [5.41, 5.74) is 0.0880. The quantitative estimate of drug-likeness (QED) is 0.283. The molecule has 2 aromatic rings. The van der Waals surface area contributed by atoms with Crippen LogP contribution in [0.4, 0.5) is 0 Å². The Morgan fingerprint density at radius 1 is 1.35 bits per heavy atom. The molecule has 0 aliphatic carbocycles. The molecule has 0 spiro atoms. The number of allylic oxidation sites excluding steroid dienone is 1. The zero-order chi connectivity index (χ0) is 12.3. The number of aromatic nitrogens is 1. The highest BCUT2D eigenvalue weighted by atomic mass is 127. The minimum atomic E-state index is -0.355. The summed E-state index contributed by atoms with van der Waals surface area (Å²) in [5.74, 6) is 0.225. The Kier molecular flexibility index (Phi) is 3.58. The fourth-order valence-corrected chi connectivity index (χ4v) is 1.71. The van der Waals surface area contributed by atoms with Gasteiger partial charge in [0.05, 0.1) is 0 Å². The SMILES string of the molecule is O=C(/C=C/c1ccc(I)o1)c1cccc[n+]1[O-]. The molecule has 0 aliphatic rings. The maximum absolute atomic E-state index is 11.7. The van der Waals surface area contributed by atoms with Crippen LogP contribution in [0.3, 0.4) is 0 Å². The van der Waals surface area contributed by atoms with Gasteiger partial charge in [0.25, 0.3) is 11.5 Å². The molecule has 86 valence electrons. The van der Waals surface area contributed by atoms with Crippen molar-refractivity contribution < 1.29 is 13.9 Å². The van der Waals surface area contributed by atoms with Crippen molar-refractivity contribution in [3.05, 3.63) is 63.0 Å². The molecule has 0 bridgehead atoms. The van der Waals surface area contributed by atoms with Gasteiger partial charge in [-0.15, -0.1) is 0 Å². The van der Waals surface area contributed by atoms with Crippen LogP contribution in [0.2, 0.25) is 0 Å². The molecule has 0 N–H and O–H groups in total. The van der Waals surface area contributed by atoms with E-state index in [0.717, 1.165) is 3.77 Å². The van der Waals surface area contributed by atoms with Crippen molar-refractivity contribution in [1.82, 2.24) is 0 Å². The van der Waals surface area contributed by atoms with E-state index in [-0.39, 0.29) is 11.5 Å². The predicted octanol–water partition coefficient (Wildman–Crippen LogP) is 2.41. The lowest BCUT2D eigenvalue weighted by atomic mass is 10.2. The van der Waals surface area contributed by atoms with Crippen molar-refractivity contribution in [3.8, 4) is 0 Å². The second-order valence-electron chi connectivity index (χ2n) is 3.25. The summed E-state index contributed by atoms with van der Waals surface area (Å²) < 4.78 is 6.55. The summed E-state index contributed by atoms with van der Waals surface area (Å²) in [6.45, 7) is 0. The number of ketones is 1. The van der Waals surface area contributed by atoms with Gasteiger partial charge in [-0.1, -0.05) is 0 Å². The van der Waals surface area contributed by atoms with Crippen LogP contribution in [0.15, 0.2) is 47.0 Å². The molecule has 5 heteroatoms. The summed E-state index contributed by atoms with van der Waals surface area (Å²) in [5, 5.41) is 11.3. The summed E-state index contributed by atoms with van der Waals surface area (Å²) >= 11 is 2.03. The molecule has 0 aromatic carbocycles. The average molecular weight is 341 g/mol. The van der Waals surface area contributed by atoms with Gasteiger partial charge in [0.2, 0.25) is 0 Å². The Morgan fingerprint density at radius 2 is 2.18 bits per heavy atom. The predicted molar refractivity (Wildman–Crippen MR) is 70.2 cm³/mol. The number of nitrogens with zero attached hydrogens (tertiary/aromatic N) is 1. The molecule has 0 fully saturated rings. The molecular weight excluding hydrogens is 333 g/mol. The summed E-state index contributed by atoms with van der Waals surface area (Å²) in [6.07, 6.45) is 4.15. The molecule has 2 heterocycles. The van der Waals surface area contributed by atoms with E-state index in [4.69, 9.17) is 4.42 Å². The summed E-state index contributed by atoms with van der Waals surface area (Å²) in [7, 11) is 0. The highest BCUT2D eigenvalue weighted by Gasteiger charge is 2.11. The van der Waals surface area contributed by atoms with Crippen LogP contribution in [0.5, 0.6) is 0 Å². The van der Waals surface area contributed by atoms with Crippen molar-refractivity contribution >= 4 is 34.5 Å². The van der Waals surface area contributed by atoms with Gasteiger partial charge in [-0.2, -0.15) is 4.73 Å². The Hall–Kier alpha value is -1.63. The number of hydrogen-bond donors (Lipinski definition) is 0. The first kappa shape index (κ1) is 11.8. The van der Waals surface area contributed by atoms with Gasteiger partial charge < -0.3 is 9.62 Å². The molecule has 2 rings (SSSR count). The first-order chi connectivity index (χ1) is 8.16.